The van der Waals surface area contributed by atoms with Gasteiger partial charge in [0, 0.05) is 38.0 Å². The van der Waals surface area contributed by atoms with Crippen molar-refractivity contribution in [2.24, 2.45) is 5.92 Å². The Labute approximate surface area is 168 Å². The number of carbonyl (C=O) groups is 2. The van der Waals surface area contributed by atoms with Crippen molar-refractivity contribution in [1.29, 1.82) is 0 Å². The predicted octanol–water partition coefficient (Wildman–Crippen LogP) is 2.24. The number of anilines is 1. The van der Waals surface area contributed by atoms with Gasteiger partial charge in [0.25, 0.3) is 5.91 Å². The molecule has 3 aliphatic rings. The van der Waals surface area contributed by atoms with E-state index in [9.17, 15) is 9.59 Å². The van der Waals surface area contributed by atoms with Gasteiger partial charge in [-0.1, -0.05) is 24.3 Å². The fourth-order valence-corrected chi connectivity index (χ4v) is 5.31. The minimum Gasteiger partial charge on any atom is -0.347 e. The highest BCUT2D eigenvalue weighted by Crippen LogP contribution is 2.36. The van der Waals surface area contributed by atoms with Crippen LogP contribution in [0, 0.1) is 12.8 Å². The first-order valence-corrected chi connectivity index (χ1v) is 10.7. The van der Waals surface area contributed by atoms with E-state index >= 15 is 0 Å². The van der Waals surface area contributed by atoms with E-state index in [2.05, 4.69) is 46.4 Å². The van der Waals surface area contributed by atoms with Crippen LogP contribution in [0.1, 0.15) is 34.5 Å². The van der Waals surface area contributed by atoms with Gasteiger partial charge in [0.15, 0.2) is 5.13 Å². The summed E-state index contributed by atoms with van der Waals surface area (Å²) >= 11 is 1.52. The van der Waals surface area contributed by atoms with Crippen LogP contribution in [-0.2, 0) is 11.2 Å². The molecule has 28 heavy (non-hydrogen) atoms. The molecule has 4 heterocycles. The topological polar surface area (TPSA) is 65.5 Å². The quantitative estimate of drug-likeness (QED) is 0.861. The number of likely N-dealkylation sites (tertiary alicyclic amines) is 1. The molecule has 0 bridgehead atoms. The van der Waals surface area contributed by atoms with Crippen LogP contribution in [0.3, 0.4) is 0 Å². The van der Waals surface area contributed by atoms with Gasteiger partial charge in [0.05, 0.1) is 5.54 Å². The lowest BCUT2D eigenvalue weighted by atomic mass is 9.89. The number of carbonyl (C=O) groups excluding carboxylic acids is 2. The molecule has 3 aliphatic heterocycles. The molecule has 0 unspecified atom stereocenters. The van der Waals surface area contributed by atoms with Crippen LogP contribution in [0.4, 0.5) is 5.13 Å². The second-order valence-electron chi connectivity index (χ2n) is 8.41. The van der Waals surface area contributed by atoms with Gasteiger partial charge in [-0.15, -0.1) is 11.3 Å². The molecule has 5 rings (SSSR count). The van der Waals surface area contributed by atoms with Crippen molar-refractivity contribution in [3.63, 3.8) is 0 Å². The molecule has 146 valence electrons. The Morgan fingerprint density at radius 2 is 2.11 bits per heavy atom. The Balaban J connectivity index is 1.15. The van der Waals surface area contributed by atoms with E-state index < -0.39 is 0 Å². The summed E-state index contributed by atoms with van der Waals surface area (Å²) < 4.78 is 0. The number of nitrogens with zero attached hydrogens (tertiary/aromatic N) is 3. The normalized spacial score (nSPS) is 20.8. The molecule has 6 nitrogen and oxygen atoms in total. The first-order chi connectivity index (χ1) is 13.5. The van der Waals surface area contributed by atoms with Gasteiger partial charge < -0.3 is 15.1 Å². The smallest absolute Gasteiger partial charge is 0.273 e. The number of aromatic nitrogens is 1. The summed E-state index contributed by atoms with van der Waals surface area (Å²) in [6, 6.07) is 8.47. The highest BCUT2D eigenvalue weighted by molar-refractivity contribution is 7.14. The standard InChI is InChI=1S/C21H24N4O2S/c1-14-4-2-3-5-16(14)8-15-9-24(10-15)19(27)17-11-28-20(22-17)25-12-21(13-25)7-6-18(26)23-21/h2-5,11,15H,6-10,12-13H2,1H3,(H,23,26). The molecule has 7 heteroatoms. The van der Waals surface area contributed by atoms with Crippen molar-refractivity contribution in [3.8, 4) is 0 Å². The minimum absolute atomic E-state index is 0.0351. The SMILES string of the molecule is Cc1ccccc1CC1CN(C(=O)c2csc(N3CC4(CCC(=O)N4)C3)n2)C1. The van der Waals surface area contributed by atoms with Crippen molar-refractivity contribution in [2.45, 2.75) is 31.7 Å². The van der Waals surface area contributed by atoms with Crippen LogP contribution in [0.25, 0.3) is 0 Å². The van der Waals surface area contributed by atoms with Crippen molar-refractivity contribution in [2.75, 3.05) is 31.1 Å². The van der Waals surface area contributed by atoms with Crippen molar-refractivity contribution < 1.29 is 9.59 Å². The number of aryl methyl sites for hydroxylation is 1. The van der Waals surface area contributed by atoms with Gasteiger partial charge in [-0.3, -0.25) is 9.59 Å². The molecule has 0 atom stereocenters. The third-order valence-corrected chi connectivity index (χ3v) is 7.12. The number of thiazole rings is 1. The van der Waals surface area contributed by atoms with Gasteiger partial charge in [-0.05, 0) is 36.8 Å². The molecule has 0 radical (unpaired) electrons. The first kappa shape index (κ1) is 17.7. The highest BCUT2D eigenvalue weighted by atomic mass is 32.1. The van der Waals surface area contributed by atoms with Crippen molar-refractivity contribution >= 4 is 28.3 Å². The molecule has 2 aromatic rings. The Hall–Kier alpha value is -2.41. The van der Waals surface area contributed by atoms with Gasteiger partial charge in [0.2, 0.25) is 5.91 Å². The molecular weight excluding hydrogens is 372 g/mol. The molecule has 3 fully saturated rings. The number of hydrogen-bond acceptors (Lipinski definition) is 5. The maximum absolute atomic E-state index is 12.7. The lowest BCUT2D eigenvalue weighted by molar-refractivity contribution is -0.119. The zero-order valence-corrected chi connectivity index (χ0v) is 16.8. The van der Waals surface area contributed by atoms with E-state index in [1.807, 2.05) is 10.3 Å². The summed E-state index contributed by atoms with van der Waals surface area (Å²) in [5, 5.41) is 5.83. The zero-order chi connectivity index (χ0) is 19.3. The van der Waals surface area contributed by atoms with Crippen LogP contribution in [-0.4, -0.2) is 53.4 Å². The second kappa shape index (κ2) is 6.58. The summed E-state index contributed by atoms with van der Waals surface area (Å²) in [6.45, 7) is 5.34. The number of rotatable bonds is 4. The molecule has 0 saturated carbocycles. The lowest BCUT2D eigenvalue weighted by Crippen LogP contribution is -2.67. The molecule has 1 N–H and O–H groups in total. The molecule has 1 aromatic carbocycles. The van der Waals surface area contributed by atoms with E-state index in [4.69, 9.17) is 0 Å². The fraction of sp³-hybridized carbons (Fsp3) is 0.476. The van der Waals surface area contributed by atoms with E-state index in [0.29, 0.717) is 18.0 Å². The number of hydrogen-bond donors (Lipinski definition) is 1. The predicted molar refractivity (Wildman–Crippen MR) is 109 cm³/mol. The number of nitrogens with one attached hydrogen (secondary N) is 1. The maximum atomic E-state index is 12.7. The highest BCUT2D eigenvalue weighted by Gasteiger charge is 2.48. The third kappa shape index (κ3) is 3.07. The van der Waals surface area contributed by atoms with Crippen LogP contribution in [0.2, 0.25) is 0 Å². The number of benzene rings is 1. The first-order valence-electron chi connectivity index (χ1n) is 9.87. The maximum Gasteiger partial charge on any atom is 0.273 e. The molecule has 3 saturated heterocycles. The molecular formula is C21H24N4O2S. The Bertz CT molecular complexity index is 928. The van der Waals surface area contributed by atoms with Gasteiger partial charge in [-0.2, -0.15) is 0 Å². The van der Waals surface area contributed by atoms with Crippen molar-refractivity contribution in [3.05, 3.63) is 46.5 Å². The second-order valence-corrected chi connectivity index (χ2v) is 9.24. The summed E-state index contributed by atoms with van der Waals surface area (Å²) in [5.74, 6) is 0.713. The fourth-order valence-electron chi connectivity index (χ4n) is 4.52. The monoisotopic (exact) mass is 396 g/mol. The minimum atomic E-state index is -0.0623. The molecule has 0 aliphatic carbocycles. The van der Waals surface area contributed by atoms with Crippen LogP contribution < -0.4 is 10.2 Å². The van der Waals surface area contributed by atoms with Crippen LogP contribution in [0.5, 0.6) is 0 Å². The third-order valence-electron chi connectivity index (χ3n) is 6.22. The summed E-state index contributed by atoms with van der Waals surface area (Å²) in [6.07, 6.45) is 2.55. The molecule has 1 spiro atoms. The van der Waals surface area contributed by atoms with Gasteiger partial charge >= 0.3 is 0 Å². The average Bonchev–Trinajstić information content (AvgIpc) is 3.24. The summed E-state index contributed by atoms with van der Waals surface area (Å²) in [7, 11) is 0. The van der Waals surface area contributed by atoms with Crippen molar-refractivity contribution in [1.82, 2.24) is 15.2 Å². The molecule has 1 aromatic heterocycles. The van der Waals surface area contributed by atoms with Crippen LogP contribution in [0.15, 0.2) is 29.6 Å². The van der Waals surface area contributed by atoms with Gasteiger partial charge in [0.1, 0.15) is 5.69 Å². The average molecular weight is 397 g/mol. The summed E-state index contributed by atoms with van der Waals surface area (Å²) in [5.41, 5.74) is 3.18. The van der Waals surface area contributed by atoms with Gasteiger partial charge in [-0.25, -0.2) is 4.98 Å². The molecule has 2 amide bonds. The lowest BCUT2D eigenvalue weighted by Gasteiger charge is -2.47. The largest absolute Gasteiger partial charge is 0.347 e. The zero-order valence-electron chi connectivity index (χ0n) is 16.0. The van der Waals surface area contributed by atoms with E-state index in [-0.39, 0.29) is 17.4 Å². The van der Waals surface area contributed by atoms with E-state index in [1.54, 1.807) is 0 Å². The Morgan fingerprint density at radius 3 is 2.82 bits per heavy atom. The van der Waals surface area contributed by atoms with E-state index in [0.717, 1.165) is 44.2 Å². The van der Waals surface area contributed by atoms with Crippen LogP contribution >= 0.6 is 11.3 Å². The number of amides is 2. The Kier molecular flexibility index (Phi) is 4.16. The Morgan fingerprint density at radius 1 is 1.32 bits per heavy atom. The summed E-state index contributed by atoms with van der Waals surface area (Å²) in [4.78, 5) is 32.8. The van der Waals surface area contributed by atoms with E-state index in [1.165, 1.54) is 22.5 Å².